The molecule has 1 saturated carbocycles. The van der Waals surface area contributed by atoms with Crippen LogP contribution in [0.4, 0.5) is 18.0 Å². The van der Waals surface area contributed by atoms with E-state index in [2.05, 4.69) is 4.98 Å². The third-order valence-corrected chi connectivity index (χ3v) is 9.03. The Morgan fingerprint density at radius 2 is 1.91 bits per heavy atom. The van der Waals surface area contributed by atoms with Gasteiger partial charge in [-0.2, -0.15) is 13.2 Å². The Morgan fingerprint density at radius 3 is 2.53 bits per heavy atom. The van der Waals surface area contributed by atoms with Gasteiger partial charge in [0.1, 0.15) is 16.3 Å². The average Bonchev–Trinajstić information content (AvgIpc) is 3.37. The van der Waals surface area contributed by atoms with Crippen LogP contribution >= 0.6 is 0 Å². The van der Waals surface area contributed by atoms with Gasteiger partial charge in [-0.15, -0.1) is 0 Å². The molecular formula is C20H23F3N4O4S. The minimum Gasteiger partial charge on any atom is -0.462 e. The average molecular weight is 472 g/mol. The number of rotatable bonds is 4. The van der Waals surface area contributed by atoms with E-state index in [0.717, 1.165) is 16.0 Å². The SMILES string of the molecule is O=C(NC1(C(F)(F)F)CC1)N1CC(S(=O)(=O)N2CCC(c3coc4cccnc34)CC2)C1. The van der Waals surface area contributed by atoms with Crippen LogP contribution in [0.25, 0.3) is 11.1 Å². The summed E-state index contributed by atoms with van der Waals surface area (Å²) < 4.78 is 72.0. The first-order chi connectivity index (χ1) is 15.1. The summed E-state index contributed by atoms with van der Waals surface area (Å²) in [6, 6.07) is 2.77. The molecule has 2 saturated heterocycles. The van der Waals surface area contributed by atoms with Gasteiger partial charge in [0.05, 0.1) is 6.26 Å². The van der Waals surface area contributed by atoms with E-state index in [0.29, 0.717) is 31.5 Å². The molecule has 8 nitrogen and oxygen atoms in total. The normalized spacial score (nSPS) is 22.7. The second-order valence-corrected chi connectivity index (χ2v) is 11.0. The van der Waals surface area contributed by atoms with Crippen molar-refractivity contribution in [3.63, 3.8) is 0 Å². The van der Waals surface area contributed by atoms with Gasteiger partial charge in [-0.3, -0.25) is 4.98 Å². The molecule has 0 unspecified atom stereocenters. The summed E-state index contributed by atoms with van der Waals surface area (Å²) in [6.45, 7) is 0.482. The molecule has 0 aromatic carbocycles. The van der Waals surface area contributed by atoms with Crippen molar-refractivity contribution in [1.29, 1.82) is 0 Å². The van der Waals surface area contributed by atoms with Crippen LogP contribution < -0.4 is 5.32 Å². The molecule has 0 atom stereocenters. The molecule has 3 aliphatic rings. The summed E-state index contributed by atoms with van der Waals surface area (Å²) in [5.41, 5.74) is 0.315. The van der Waals surface area contributed by atoms with Crippen LogP contribution in [-0.2, 0) is 10.0 Å². The summed E-state index contributed by atoms with van der Waals surface area (Å²) >= 11 is 0. The molecule has 2 aliphatic heterocycles. The van der Waals surface area contributed by atoms with Gasteiger partial charge >= 0.3 is 12.2 Å². The molecule has 2 amide bonds. The van der Waals surface area contributed by atoms with E-state index in [1.165, 1.54) is 4.31 Å². The molecule has 0 radical (unpaired) electrons. The fourth-order valence-electron chi connectivity index (χ4n) is 4.49. The molecule has 32 heavy (non-hydrogen) atoms. The first kappa shape index (κ1) is 21.5. The van der Waals surface area contributed by atoms with Crippen LogP contribution in [0.2, 0.25) is 0 Å². The van der Waals surface area contributed by atoms with Crippen molar-refractivity contribution in [2.75, 3.05) is 26.2 Å². The lowest BCUT2D eigenvalue weighted by Gasteiger charge is -2.42. The molecule has 4 heterocycles. The fraction of sp³-hybridized carbons (Fsp3) is 0.600. The molecule has 3 fully saturated rings. The van der Waals surface area contributed by atoms with Crippen molar-refractivity contribution >= 4 is 27.2 Å². The van der Waals surface area contributed by atoms with E-state index in [9.17, 15) is 26.4 Å². The number of urea groups is 1. The van der Waals surface area contributed by atoms with E-state index < -0.39 is 33.0 Å². The molecule has 5 rings (SSSR count). The van der Waals surface area contributed by atoms with Crippen molar-refractivity contribution in [3.8, 4) is 0 Å². The maximum absolute atomic E-state index is 13.0. The van der Waals surface area contributed by atoms with Crippen LogP contribution in [0.3, 0.4) is 0 Å². The topological polar surface area (TPSA) is 95.8 Å². The van der Waals surface area contributed by atoms with Crippen molar-refractivity contribution in [1.82, 2.24) is 19.5 Å². The Hall–Kier alpha value is -2.34. The Kier molecular flexibility index (Phi) is 4.93. The van der Waals surface area contributed by atoms with Crippen molar-refractivity contribution in [2.45, 2.75) is 48.6 Å². The number of sulfonamides is 1. The van der Waals surface area contributed by atoms with Gasteiger partial charge in [-0.05, 0) is 43.7 Å². The Bertz CT molecular complexity index is 1130. The van der Waals surface area contributed by atoms with E-state index in [4.69, 9.17) is 4.42 Å². The van der Waals surface area contributed by atoms with Crippen LogP contribution in [0.5, 0.6) is 0 Å². The van der Waals surface area contributed by atoms with Gasteiger partial charge in [-0.25, -0.2) is 17.5 Å². The number of halogens is 3. The largest absolute Gasteiger partial charge is 0.462 e. The van der Waals surface area contributed by atoms with E-state index in [1.54, 1.807) is 18.5 Å². The van der Waals surface area contributed by atoms with Crippen LogP contribution in [-0.4, -0.2) is 71.8 Å². The van der Waals surface area contributed by atoms with Gasteiger partial charge in [0.25, 0.3) is 0 Å². The lowest BCUT2D eigenvalue weighted by Crippen LogP contribution is -2.64. The maximum atomic E-state index is 13.0. The molecule has 2 aromatic heterocycles. The van der Waals surface area contributed by atoms with Gasteiger partial charge in [0, 0.05) is 37.9 Å². The predicted octanol–water partition coefficient (Wildman–Crippen LogP) is 2.83. The second-order valence-electron chi connectivity index (χ2n) is 8.80. The first-order valence-corrected chi connectivity index (χ1v) is 12.1. The molecule has 174 valence electrons. The Balaban J connectivity index is 1.16. The fourth-order valence-corrected chi connectivity index (χ4v) is 6.37. The number of fused-ring (bicyclic) bond motifs is 1. The highest BCUT2D eigenvalue weighted by molar-refractivity contribution is 7.89. The Labute approximate surface area is 182 Å². The molecule has 2 aromatic rings. The highest BCUT2D eigenvalue weighted by atomic mass is 32.2. The lowest BCUT2D eigenvalue weighted by atomic mass is 9.91. The minimum absolute atomic E-state index is 0.0989. The number of nitrogens with zero attached hydrogens (tertiary/aromatic N) is 3. The van der Waals surface area contributed by atoms with Crippen LogP contribution in [0.1, 0.15) is 37.2 Å². The minimum atomic E-state index is -4.50. The third kappa shape index (κ3) is 3.53. The predicted molar refractivity (Wildman–Crippen MR) is 108 cm³/mol. The number of nitrogens with one attached hydrogen (secondary N) is 1. The molecule has 0 bridgehead atoms. The molecule has 0 spiro atoms. The van der Waals surface area contributed by atoms with Crippen LogP contribution in [0.15, 0.2) is 29.0 Å². The van der Waals surface area contributed by atoms with Crippen molar-refractivity contribution in [2.24, 2.45) is 0 Å². The molecule has 12 heteroatoms. The number of carbonyl (C=O) groups excluding carboxylic acids is 1. The van der Waals surface area contributed by atoms with Gasteiger partial charge < -0.3 is 14.6 Å². The number of piperidine rings is 1. The smallest absolute Gasteiger partial charge is 0.411 e. The summed E-state index contributed by atoms with van der Waals surface area (Å²) in [5.74, 6) is 0.137. The number of furan rings is 1. The number of hydrogen-bond acceptors (Lipinski definition) is 5. The van der Waals surface area contributed by atoms with E-state index >= 15 is 0 Å². The van der Waals surface area contributed by atoms with Gasteiger partial charge in [-0.1, -0.05) is 0 Å². The third-order valence-electron chi connectivity index (χ3n) is 6.81. The number of carbonyl (C=O) groups is 1. The summed E-state index contributed by atoms with van der Waals surface area (Å²) in [4.78, 5) is 17.6. The summed E-state index contributed by atoms with van der Waals surface area (Å²) in [7, 11) is -3.63. The molecule has 1 aliphatic carbocycles. The monoisotopic (exact) mass is 472 g/mol. The van der Waals surface area contributed by atoms with Gasteiger partial charge in [0.15, 0.2) is 5.58 Å². The zero-order valence-electron chi connectivity index (χ0n) is 17.1. The van der Waals surface area contributed by atoms with Gasteiger partial charge in [0.2, 0.25) is 10.0 Å². The summed E-state index contributed by atoms with van der Waals surface area (Å²) in [6.07, 6.45) is -0.172. The highest BCUT2D eigenvalue weighted by Gasteiger charge is 2.65. The van der Waals surface area contributed by atoms with E-state index in [-0.39, 0.29) is 31.8 Å². The quantitative estimate of drug-likeness (QED) is 0.738. The standard InChI is InChI=1S/C20H23F3N4O4S/c21-20(22,23)19(5-6-19)25-18(28)26-10-14(11-26)32(29,30)27-8-3-13(4-9-27)15-12-31-16-2-1-7-24-17(15)16/h1-2,7,12-14H,3-6,8-11H2,(H,25,28). The van der Waals surface area contributed by atoms with E-state index in [1.807, 2.05) is 11.4 Å². The van der Waals surface area contributed by atoms with Crippen molar-refractivity contribution in [3.05, 3.63) is 30.2 Å². The Morgan fingerprint density at radius 1 is 1.22 bits per heavy atom. The second kappa shape index (κ2) is 7.34. The number of aromatic nitrogens is 1. The van der Waals surface area contributed by atoms with Crippen molar-refractivity contribution < 1.29 is 30.8 Å². The number of likely N-dealkylation sites (tertiary alicyclic amines) is 1. The molecular weight excluding hydrogens is 449 g/mol. The lowest BCUT2D eigenvalue weighted by molar-refractivity contribution is -0.163. The summed E-state index contributed by atoms with van der Waals surface area (Å²) in [5, 5.41) is 1.25. The zero-order valence-corrected chi connectivity index (χ0v) is 18.0. The zero-order chi connectivity index (χ0) is 22.7. The highest BCUT2D eigenvalue weighted by Crippen LogP contribution is 2.49. The number of hydrogen-bond donors (Lipinski definition) is 1. The number of amides is 2. The maximum Gasteiger partial charge on any atom is 0.411 e. The molecule has 1 N–H and O–H groups in total. The first-order valence-electron chi connectivity index (χ1n) is 10.6. The number of pyridine rings is 1. The number of alkyl halides is 3. The van der Waals surface area contributed by atoms with Crippen LogP contribution in [0, 0.1) is 0 Å².